The average molecular weight is 409 g/mol. The van der Waals surface area contributed by atoms with Gasteiger partial charge in [0.1, 0.15) is 6.61 Å². The molecule has 2 aromatic rings. The largest absolute Gasteiger partial charge is 0.493 e. The van der Waals surface area contributed by atoms with Crippen molar-refractivity contribution in [2.45, 2.75) is 6.61 Å². The first-order valence-corrected chi connectivity index (χ1v) is 9.08. The molecule has 3 rings (SSSR count). The lowest BCUT2D eigenvalue weighted by molar-refractivity contribution is -0.115. The second kappa shape index (κ2) is 8.03. The number of halogens is 2. The summed E-state index contributed by atoms with van der Waals surface area (Å²) < 4.78 is 11.2. The lowest BCUT2D eigenvalue weighted by Gasteiger charge is -2.14. The molecule has 8 heteroatoms. The Kier molecular flexibility index (Phi) is 5.76. The standard InChI is InChI=1S/C18H14Cl2N2O3S/c1-24-14-7-10(8-15-17(23)22-18(21)26-15)6-13(20)16(14)25-9-11-4-2-3-5-12(11)19/h2-8H,9H2,1H3,(H2,21,22,23). The highest BCUT2D eigenvalue weighted by Crippen LogP contribution is 2.38. The van der Waals surface area contributed by atoms with E-state index in [4.69, 9.17) is 38.1 Å². The molecule has 134 valence electrons. The van der Waals surface area contributed by atoms with Gasteiger partial charge >= 0.3 is 0 Å². The van der Waals surface area contributed by atoms with Gasteiger partial charge in [-0.1, -0.05) is 41.4 Å². The second-order valence-electron chi connectivity index (χ2n) is 5.31. The third kappa shape index (κ3) is 4.15. The van der Waals surface area contributed by atoms with Crippen molar-refractivity contribution < 1.29 is 14.3 Å². The Bertz CT molecular complexity index is 915. The zero-order valence-electron chi connectivity index (χ0n) is 13.6. The zero-order chi connectivity index (χ0) is 18.7. The van der Waals surface area contributed by atoms with Crippen LogP contribution in [-0.2, 0) is 11.4 Å². The maximum atomic E-state index is 11.7. The number of carbonyl (C=O) groups is 1. The molecule has 1 saturated heterocycles. The van der Waals surface area contributed by atoms with Crippen molar-refractivity contribution >= 4 is 52.1 Å². The number of ether oxygens (including phenoxy) is 2. The summed E-state index contributed by atoms with van der Waals surface area (Å²) in [7, 11) is 1.51. The Balaban J connectivity index is 1.86. The van der Waals surface area contributed by atoms with Crippen LogP contribution in [0.15, 0.2) is 41.3 Å². The highest BCUT2D eigenvalue weighted by atomic mass is 35.5. The van der Waals surface area contributed by atoms with Crippen molar-refractivity contribution in [3.63, 3.8) is 0 Å². The van der Waals surface area contributed by atoms with Crippen LogP contribution in [0.1, 0.15) is 11.1 Å². The van der Waals surface area contributed by atoms with E-state index < -0.39 is 0 Å². The molecule has 2 N–H and O–H groups in total. The number of hydrogen-bond donors (Lipinski definition) is 2. The molecule has 1 aliphatic rings. The lowest BCUT2D eigenvalue weighted by atomic mass is 10.1. The topological polar surface area (TPSA) is 71.4 Å². The van der Waals surface area contributed by atoms with Crippen molar-refractivity contribution in [1.82, 2.24) is 5.32 Å². The summed E-state index contributed by atoms with van der Waals surface area (Å²) in [6.07, 6.45) is 1.65. The van der Waals surface area contributed by atoms with Crippen molar-refractivity contribution in [3.05, 3.63) is 62.5 Å². The van der Waals surface area contributed by atoms with Gasteiger partial charge in [-0.05, 0) is 41.6 Å². The van der Waals surface area contributed by atoms with Crippen LogP contribution in [0.3, 0.4) is 0 Å². The molecule has 1 heterocycles. The zero-order valence-corrected chi connectivity index (χ0v) is 16.0. The predicted molar refractivity (Wildman–Crippen MR) is 105 cm³/mol. The van der Waals surface area contributed by atoms with Crippen LogP contribution in [0.25, 0.3) is 6.08 Å². The molecule has 1 aliphatic heterocycles. The van der Waals surface area contributed by atoms with E-state index in [1.54, 1.807) is 24.3 Å². The van der Waals surface area contributed by atoms with Gasteiger partial charge in [-0.3, -0.25) is 10.2 Å². The van der Waals surface area contributed by atoms with Crippen LogP contribution in [-0.4, -0.2) is 18.2 Å². The number of nitrogens with one attached hydrogen (secondary N) is 2. The summed E-state index contributed by atoms with van der Waals surface area (Å²) in [5, 5.41) is 11.0. The smallest absolute Gasteiger partial charge is 0.264 e. The van der Waals surface area contributed by atoms with E-state index >= 15 is 0 Å². The highest BCUT2D eigenvalue weighted by Gasteiger charge is 2.22. The summed E-state index contributed by atoms with van der Waals surface area (Å²) in [5.74, 6) is 0.525. The van der Waals surface area contributed by atoms with Gasteiger partial charge in [-0.25, -0.2) is 0 Å². The molecule has 0 bridgehead atoms. The third-order valence-corrected chi connectivity index (χ3v) is 5.02. The molecule has 1 amide bonds. The third-order valence-electron chi connectivity index (χ3n) is 3.54. The molecule has 0 atom stereocenters. The minimum Gasteiger partial charge on any atom is -0.493 e. The van der Waals surface area contributed by atoms with Crippen LogP contribution in [0.5, 0.6) is 11.5 Å². The molecule has 26 heavy (non-hydrogen) atoms. The van der Waals surface area contributed by atoms with Crippen LogP contribution >= 0.6 is 35.0 Å². The number of benzene rings is 2. The van der Waals surface area contributed by atoms with Crippen LogP contribution < -0.4 is 14.8 Å². The summed E-state index contributed by atoms with van der Waals surface area (Å²) in [5.41, 5.74) is 1.50. The van der Waals surface area contributed by atoms with Gasteiger partial charge in [0.25, 0.3) is 5.91 Å². The van der Waals surface area contributed by atoms with E-state index in [-0.39, 0.29) is 17.7 Å². The lowest BCUT2D eigenvalue weighted by Crippen LogP contribution is -2.18. The molecule has 0 saturated carbocycles. The van der Waals surface area contributed by atoms with Gasteiger partial charge in [0, 0.05) is 10.6 Å². The number of thioether (sulfide) groups is 1. The van der Waals surface area contributed by atoms with E-state index in [0.717, 1.165) is 17.3 Å². The number of carbonyl (C=O) groups excluding carboxylic acids is 1. The Hall–Kier alpha value is -2.15. The highest BCUT2D eigenvalue weighted by molar-refractivity contribution is 8.18. The molecule has 0 aromatic heterocycles. The van der Waals surface area contributed by atoms with Crippen molar-refractivity contribution in [2.75, 3.05) is 7.11 Å². The van der Waals surface area contributed by atoms with Crippen LogP contribution in [0, 0.1) is 5.41 Å². The molecule has 0 radical (unpaired) electrons. The van der Waals surface area contributed by atoms with E-state index in [2.05, 4.69) is 5.32 Å². The molecule has 1 fully saturated rings. The molecule has 0 aliphatic carbocycles. The van der Waals surface area contributed by atoms with Gasteiger partial charge in [-0.15, -0.1) is 0 Å². The van der Waals surface area contributed by atoms with E-state index in [1.165, 1.54) is 7.11 Å². The minimum absolute atomic E-state index is 0.0963. The quantitative estimate of drug-likeness (QED) is 0.701. The van der Waals surface area contributed by atoms with Gasteiger partial charge in [0.2, 0.25) is 0 Å². The van der Waals surface area contributed by atoms with Gasteiger partial charge in [0.15, 0.2) is 16.7 Å². The number of hydrogen-bond acceptors (Lipinski definition) is 5. The fraction of sp³-hybridized carbons (Fsp3) is 0.111. The summed E-state index contributed by atoms with van der Waals surface area (Å²) >= 11 is 13.5. The predicted octanol–water partition coefficient (Wildman–Crippen LogP) is 4.72. The minimum atomic E-state index is -0.311. The van der Waals surface area contributed by atoms with Gasteiger partial charge in [0.05, 0.1) is 17.0 Å². The summed E-state index contributed by atoms with van der Waals surface area (Å²) in [4.78, 5) is 12.2. The Morgan fingerprint density at radius 2 is 2.00 bits per heavy atom. The fourth-order valence-electron chi connectivity index (χ4n) is 2.32. The monoisotopic (exact) mass is 408 g/mol. The molecule has 5 nitrogen and oxygen atoms in total. The summed E-state index contributed by atoms with van der Waals surface area (Å²) in [6, 6.07) is 10.8. The SMILES string of the molecule is COc1cc(C=C2SC(=N)NC2=O)cc(Cl)c1OCc1ccccc1Cl. The molecular weight excluding hydrogens is 395 g/mol. The first-order chi connectivity index (χ1) is 12.5. The molecule has 2 aromatic carbocycles. The van der Waals surface area contributed by atoms with Crippen molar-refractivity contribution in [1.29, 1.82) is 5.41 Å². The Labute approximate surface area is 164 Å². The maximum absolute atomic E-state index is 11.7. The average Bonchev–Trinajstić information content (AvgIpc) is 2.92. The first kappa shape index (κ1) is 18.6. The van der Waals surface area contributed by atoms with E-state index in [0.29, 0.717) is 32.0 Å². The second-order valence-corrected chi connectivity index (χ2v) is 7.17. The molecule has 0 spiro atoms. The number of amidine groups is 1. The molecular formula is C18H14Cl2N2O3S. The Morgan fingerprint density at radius 3 is 2.65 bits per heavy atom. The Morgan fingerprint density at radius 1 is 1.23 bits per heavy atom. The van der Waals surface area contributed by atoms with Crippen molar-refractivity contribution in [2.24, 2.45) is 0 Å². The van der Waals surface area contributed by atoms with Gasteiger partial charge < -0.3 is 14.8 Å². The van der Waals surface area contributed by atoms with Gasteiger partial charge in [-0.2, -0.15) is 0 Å². The number of methoxy groups -OCH3 is 1. The van der Waals surface area contributed by atoms with Crippen LogP contribution in [0.4, 0.5) is 0 Å². The summed E-state index contributed by atoms with van der Waals surface area (Å²) in [6.45, 7) is 0.242. The van der Waals surface area contributed by atoms with E-state index in [1.807, 2.05) is 18.2 Å². The number of amides is 1. The maximum Gasteiger partial charge on any atom is 0.264 e. The fourth-order valence-corrected chi connectivity index (χ4v) is 3.49. The molecule has 0 unspecified atom stereocenters. The van der Waals surface area contributed by atoms with E-state index in [9.17, 15) is 4.79 Å². The van der Waals surface area contributed by atoms with Crippen LogP contribution in [0.2, 0.25) is 10.0 Å². The number of rotatable bonds is 5. The van der Waals surface area contributed by atoms with Crippen molar-refractivity contribution in [3.8, 4) is 11.5 Å². The first-order valence-electron chi connectivity index (χ1n) is 7.51. The normalized spacial score (nSPS) is 15.3.